The number of anilines is 2. The van der Waals surface area contributed by atoms with E-state index >= 15 is 0 Å². The summed E-state index contributed by atoms with van der Waals surface area (Å²) in [6, 6.07) is 7.21. The van der Waals surface area contributed by atoms with Crippen molar-refractivity contribution in [1.29, 1.82) is 0 Å². The second-order valence-corrected chi connectivity index (χ2v) is 7.30. The van der Waals surface area contributed by atoms with E-state index in [1.165, 1.54) is 11.8 Å². The fraction of sp³-hybridized carbons (Fsp3) is 0.368. The number of hydrogen-bond acceptors (Lipinski definition) is 8. The van der Waals surface area contributed by atoms with Crippen molar-refractivity contribution in [3.63, 3.8) is 0 Å². The molecule has 0 radical (unpaired) electrons. The van der Waals surface area contributed by atoms with Gasteiger partial charge < -0.3 is 25.0 Å². The van der Waals surface area contributed by atoms with Crippen LogP contribution in [0.25, 0.3) is 0 Å². The van der Waals surface area contributed by atoms with Crippen molar-refractivity contribution < 1.29 is 19.1 Å². The minimum atomic E-state index is -0.848. The first-order valence-corrected chi connectivity index (χ1v) is 10.2. The number of primary amides is 1. The normalized spacial score (nSPS) is 14.8. The molecule has 1 aromatic carbocycles. The largest absolute Gasteiger partial charge is 0.487 e. The lowest BCUT2D eigenvalue weighted by Gasteiger charge is -2.22. The Morgan fingerprint density at radius 3 is 2.90 bits per heavy atom. The number of aromatic nitrogens is 2. The Hall–Kier alpha value is -3.01. The maximum atomic E-state index is 13.2. The molecule has 0 saturated carbocycles. The molecule has 29 heavy (non-hydrogen) atoms. The van der Waals surface area contributed by atoms with Crippen LogP contribution in [-0.4, -0.2) is 61.1 Å². The monoisotopic (exact) mass is 417 g/mol. The lowest BCUT2D eigenvalue weighted by Crippen LogP contribution is -2.33. The average Bonchev–Trinajstić information content (AvgIpc) is 2.83. The van der Waals surface area contributed by atoms with Crippen molar-refractivity contribution >= 4 is 35.3 Å². The predicted octanol–water partition coefficient (Wildman–Crippen LogP) is 2.16. The molecule has 0 aliphatic carbocycles. The minimum absolute atomic E-state index is 0.0372. The van der Waals surface area contributed by atoms with Gasteiger partial charge in [0, 0.05) is 38.1 Å². The molecular weight excluding hydrogens is 394 g/mol. The molecule has 1 aliphatic rings. The van der Waals surface area contributed by atoms with Gasteiger partial charge in [0.25, 0.3) is 5.91 Å². The van der Waals surface area contributed by atoms with E-state index in [0.717, 1.165) is 0 Å². The van der Waals surface area contributed by atoms with E-state index in [9.17, 15) is 9.59 Å². The molecule has 2 aromatic rings. The molecule has 1 atom stereocenters. The van der Waals surface area contributed by atoms with E-state index < -0.39 is 6.09 Å². The van der Waals surface area contributed by atoms with Crippen LogP contribution in [0, 0.1) is 0 Å². The smallest absolute Gasteiger partial charge is 0.404 e. The van der Waals surface area contributed by atoms with Crippen LogP contribution in [0.1, 0.15) is 17.3 Å². The summed E-state index contributed by atoms with van der Waals surface area (Å²) in [5.41, 5.74) is 6.13. The van der Waals surface area contributed by atoms with Crippen molar-refractivity contribution in [1.82, 2.24) is 9.97 Å². The van der Waals surface area contributed by atoms with Gasteiger partial charge in [-0.25, -0.2) is 14.8 Å². The lowest BCUT2D eigenvalue weighted by molar-refractivity contribution is 0.0960. The number of carbonyl (C=O) groups excluding carboxylic acids is 2. The van der Waals surface area contributed by atoms with Crippen molar-refractivity contribution in [2.24, 2.45) is 5.73 Å². The molecule has 1 aliphatic heterocycles. The van der Waals surface area contributed by atoms with Crippen LogP contribution in [0.3, 0.4) is 0 Å². The Bertz CT molecular complexity index is 910. The maximum absolute atomic E-state index is 13.2. The van der Waals surface area contributed by atoms with Crippen LogP contribution in [0.5, 0.6) is 5.75 Å². The second kappa shape index (κ2) is 8.99. The minimum Gasteiger partial charge on any atom is -0.487 e. The molecule has 2 N–H and O–H groups in total. The molecule has 0 spiro atoms. The van der Waals surface area contributed by atoms with E-state index in [1.54, 1.807) is 30.2 Å². The van der Waals surface area contributed by atoms with E-state index in [4.69, 9.17) is 15.2 Å². The van der Waals surface area contributed by atoms with E-state index in [2.05, 4.69) is 9.97 Å². The summed E-state index contributed by atoms with van der Waals surface area (Å²) >= 11 is 1.43. The quantitative estimate of drug-likeness (QED) is 0.562. The number of nitrogens with zero attached hydrogens (tertiary/aromatic N) is 4. The first-order valence-electron chi connectivity index (χ1n) is 9.02. The molecule has 0 saturated heterocycles. The molecule has 10 heteroatoms. The molecule has 1 unspecified atom stereocenters. The molecule has 3 rings (SSSR count). The first kappa shape index (κ1) is 20.7. The summed E-state index contributed by atoms with van der Waals surface area (Å²) < 4.78 is 10.5. The van der Waals surface area contributed by atoms with Crippen LogP contribution in [0.2, 0.25) is 0 Å². The Morgan fingerprint density at radius 2 is 2.17 bits per heavy atom. The van der Waals surface area contributed by atoms with Crippen LogP contribution in [0.4, 0.5) is 16.3 Å². The number of nitrogens with two attached hydrogens (primary N) is 1. The highest BCUT2D eigenvalue weighted by Crippen LogP contribution is 2.29. The first-order chi connectivity index (χ1) is 13.9. The Labute approximate surface area is 173 Å². The van der Waals surface area contributed by atoms with Crippen LogP contribution in [-0.2, 0) is 4.74 Å². The summed E-state index contributed by atoms with van der Waals surface area (Å²) in [5, 5.41) is 0.624. The number of thioether (sulfide) groups is 1. The molecule has 0 bridgehead atoms. The molecule has 154 valence electrons. The number of ether oxygens (including phenoxy) is 2. The fourth-order valence-electron chi connectivity index (χ4n) is 2.94. The van der Waals surface area contributed by atoms with Crippen molar-refractivity contribution in [2.75, 3.05) is 42.8 Å². The highest BCUT2D eigenvalue weighted by Gasteiger charge is 2.28. The van der Waals surface area contributed by atoms with Gasteiger partial charge in [0.05, 0.1) is 0 Å². The Kier molecular flexibility index (Phi) is 6.42. The van der Waals surface area contributed by atoms with Gasteiger partial charge in [-0.1, -0.05) is 17.8 Å². The van der Waals surface area contributed by atoms with Gasteiger partial charge in [0.15, 0.2) is 5.16 Å². The molecule has 2 amide bonds. The summed E-state index contributed by atoms with van der Waals surface area (Å²) in [5.74, 6) is 1.02. The van der Waals surface area contributed by atoms with Crippen LogP contribution in [0.15, 0.2) is 35.6 Å². The van der Waals surface area contributed by atoms with Crippen molar-refractivity contribution in [2.45, 2.75) is 18.2 Å². The second-order valence-electron chi connectivity index (χ2n) is 6.53. The fourth-order valence-corrected chi connectivity index (χ4v) is 3.27. The van der Waals surface area contributed by atoms with E-state index in [0.29, 0.717) is 41.1 Å². The van der Waals surface area contributed by atoms with Crippen molar-refractivity contribution in [3.05, 3.63) is 36.0 Å². The van der Waals surface area contributed by atoms with Gasteiger partial charge >= 0.3 is 6.09 Å². The van der Waals surface area contributed by atoms with Gasteiger partial charge in [0.2, 0.25) is 0 Å². The number of hydrogen-bond donors (Lipinski definition) is 1. The Balaban J connectivity index is 1.83. The summed E-state index contributed by atoms with van der Waals surface area (Å²) in [6.07, 6.45) is 2.24. The number of fused-ring (bicyclic) bond motifs is 1. The topological polar surface area (TPSA) is 111 Å². The van der Waals surface area contributed by atoms with Gasteiger partial charge in [-0.15, -0.1) is 0 Å². The standard InChI is InChI=1S/C19H23N5O4S/c1-12(11-27-18(20)26)28-14-6-4-5-13(9-14)24-8-7-23(2)16-15(17(24)25)10-21-19(22-16)29-3/h4-6,9-10,12H,7-8,11H2,1-3H3,(H2,20,26). The average molecular weight is 417 g/mol. The summed E-state index contributed by atoms with van der Waals surface area (Å²) in [7, 11) is 1.91. The highest BCUT2D eigenvalue weighted by molar-refractivity contribution is 7.98. The zero-order chi connectivity index (χ0) is 21.0. The van der Waals surface area contributed by atoms with Crippen LogP contribution < -0.4 is 20.3 Å². The molecular formula is C19H23N5O4S. The molecule has 9 nitrogen and oxygen atoms in total. The predicted molar refractivity (Wildman–Crippen MR) is 111 cm³/mol. The number of benzene rings is 1. The Morgan fingerprint density at radius 1 is 1.38 bits per heavy atom. The van der Waals surface area contributed by atoms with E-state index in [-0.39, 0.29) is 18.6 Å². The molecule has 0 fully saturated rings. The van der Waals surface area contributed by atoms with Gasteiger partial charge in [-0.2, -0.15) is 0 Å². The van der Waals surface area contributed by atoms with Crippen LogP contribution >= 0.6 is 11.8 Å². The molecule has 2 heterocycles. The SMILES string of the molecule is CSc1ncc2c(n1)N(C)CCN(c1cccc(OC(C)COC(N)=O)c1)C2=O. The lowest BCUT2D eigenvalue weighted by atomic mass is 10.2. The van der Waals surface area contributed by atoms with Gasteiger partial charge in [-0.05, 0) is 25.3 Å². The summed E-state index contributed by atoms with van der Waals surface area (Å²) in [4.78, 5) is 36.3. The number of rotatable bonds is 6. The van der Waals surface area contributed by atoms with Gasteiger partial charge in [-0.3, -0.25) is 4.79 Å². The summed E-state index contributed by atoms with van der Waals surface area (Å²) in [6.45, 7) is 2.91. The van der Waals surface area contributed by atoms with Crippen molar-refractivity contribution in [3.8, 4) is 5.75 Å². The number of amides is 2. The number of carbonyl (C=O) groups is 2. The zero-order valence-electron chi connectivity index (χ0n) is 16.5. The van der Waals surface area contributed by atoms with Gasteiger partial charge in [0.1, 0.15) is 29.8 Å². The number of likely N-dealkylation sites (N-methyl/N-ethyl adjacent to an activating group) is 1. The maximum Gasteiger partial charge on any atom is 0.404 e. The van der Waals surface area contributed by atoms with E-state index in [1.807, 2.05) is 30.3 Å². The third-order valence-electron chi connectivity index (χ3n) is 4.35. The highest BCUT2D eigenvalue weighted by atomic mass is 32.2. The third-order valence-corrected chi connectivity index (χ3v) is 4.91. The third kappa shape index (κ3) is 4.89. The zero-order valence-corrected chi connectivity index (χ0v) is 17.3. The molecule has 1 aromatic heterocycles.